The van der Waals surface area contributed by atoms with Crippen molar-refractivity contribution in [2.45, 2.75) is 58.0 Å². The molecule has 3 rings (SSSR count). The lowest BCUT2D eigenvalue weighted by molar-refractivity contribution is -0.139. The van der Waals surface area contributed by atoms with E-state index >= 15 is 0 Å². The van der Waals surface area contributed by atoms with Crippen LogP contribution in [0.3, 0.4) is 0 Å². The molecule has 0 saturated carbocycles. The number of aryl methyl sites for hydroxylation is 1. The van der Waals surface area contributed by atoms with Crippen LogP contribution in [0, 0.1) is 13.8 Å². The average molecular weight is 536 g/mol. The van der Waals surface area contributed by atoms with Gasteiger partial charge in [-0.2, -0.15) is 0 Å². The number of hydrogen-bond acceptors (Lipinski definition) is 4. The summed E-state index contributed by atoms with van der Waals surface area (Å²) in [5, 5.41) is 2.90. The van der Waals surface area contributed by atoms with E-state index in [9.17, 15) is 18.0 Å². The minimum absolute atomic E-state index is 0.0914. The first-order chi connectivity index (χ1) is 18.2. The molecule has 3 aromatic rings. The van der Waals surface area contributed by atoms with Gasteiger partial charge in [-0.3, -0.25) is 13.9 Å². The molecule has 8 heteroatoms. The third-order valence-corrected chi connectivity index (χ3v) is 8.42. The van der Waals surface area contributed by atoms with E-state index < -0.39 is 28.5 Å². The summed E-state index contributed by atoms with van der Waals surface area (Å²) in [6.07, 6.45) is 1.77. The molecular formula is C30H37N3O4S. The molecule has 0 unspecified atom stereocenters. The summed E-state index contributed by atoms with van der Waals surface area (Å²) in [6, 6.07) is 22.1. The fraction of sp³-hybridized carbons (Fsp3) is 0.333. The molecule has 2 amide bonds. The third kappa shape index (κ3) is 7.01. The number of hydrogen-bond donors (Lipinski definition) is 1. The Hall–Kier alpha value is -3.65. The van der Waals surface area contributed by atoms with Gasteiger partial charge in [-0.15, -0.1) is 0 Å². The maximum Gasteiger partial charge on any atom is 0.264 e. The van der Waals surface area contributed by atoms with E-state index in [1.165, 1.54) is 17.0 Å². The van der Waals surface area contributed by atoms with E-state index in [0.29, 0.717) is 12.2 Å². The van der Waals surface area contributed by atoms with Crippen molar-refractivity contribution in [2.75, 3.05) is 17.4 Å². The van der Waals surface area contributed by atoms with Crippen LogP contribution < -0.4 is 9.62 Å². The molecule has 0 aliphatic heterocycles. The van der Waals surface area contributed by atoms with Crippen molar-refractivity contribution >= 4 is 27.5 Å². The Morgan fingerprint density at radius 1 is 0.895 bits per heavy atom. The molecule has 0 aliphatic rings. The number of carbonyl (C=O) groups is 2. The van der Waals surface area contributed by atoms with Crippen LogP contribution in [-0.4, -0.2) is 44.3 Å². The van der Waals surface area contributed by atoms with Gasteiger partial charge in [-0.25, -0.2) is 8.42 Å². The van der Waals surface area contributed by atoms with E-state index in [-0.39, 0.29) is 17.3 Å². The van der Waals surface area contributed by atoms with Gasteiger partial charge in [0.1, 0.15) is 12.6 Å². The zero-order valence-corrected chi connectivity index (χ0v) is 23.4. The molecule has 0 aromatic heterocycles. The highest BCUT2D eigenvalue weighted by molar-refractivity contribution is 7.92. The minimum atomic E-state index is -4.07. The molecule has 38 heavy (non-hydrogen) atoms. The molecule has 0 fully saturated rings. The number of benzene rings is 3. The summed E-state index contributed by atoms with van der Waals surface area (Å²) < 4.78 is 28.9. The van der Waals surface area contributed by atoms with E-state index in [2.05, 4.69) is 5.32 Å². The fourth-order valence-corrected chi connectivity index (χ4v) is 5.63. The van der Waals surface area contributed by atoms with Crippen molar-refractivity contribution in [3.8, 4) is 0 Å². The van der Waals surface area contributed by atoms with Gasteiger partial charge < -0.3 is 10.2 Å². The van der Waals surface area contributed by atoms with Gasteiger partial charge in [-0.1, -0.05) is 74.0 Å². The second-order valence-electron chi connectivity index (χ2n) is 9.37. The second-order valence-corrected chi connectivity index (χ2v) is 11.2. The lowest BCUT2D eigenvalue weighted by Gasteiger charge is -2.32. The van der Waals surface area contributed by atoms with Crippen molar-refractivity contribution in [1.82, 2.24) is 10.2 Å². The van der Waals surface area contributed by atoms with E-state index in [0.717, 1.165) is 33.8 Å². The highest BCUT2D eigenvalue weighted by atomic mass is 32.2. The minimum Gasteiger partial charge on any atom is -0.354 e. The maximum absolute atomic E-state index is 13.9. The summed E-state index contributed by atoms with van der Waals surface area (Å²) in [5.41, 5.74) is 2.95. The first kappa shape index (κ1) is 28.9. The van der Waals surface area contributed by atoms with Crippen LogP contribution in [0.1, 0.15) is 43.4 Å². The molecule has 7 nitrogen and oxygen atoms in total. The van der Waals surface area contributed by atoms with E-state index in [1.807, 2.05) is 57.2 Å². The topological polar surface area (TPSA) is 86.8 Å². The molecule has 0 saturated heterocycles. The van der Waals surface area contributed by atoms with Gasteiger partial charge >= 0.3 is 0 Å². The fourth-order valence-electron chi connectivity index (χ4n) is 4.14. The number of carbonyl (C=O) groups excluding carboxylic acids is 2. The van der Waals surface area contributed by atoms with Gasteiger partial charge in [0, 0.05) is 13.1 Å². The quantitative estimate of drug-likeness (QED) is 0.337. The number of unbranched alkanes of at least 4 members (excludes halogenated alkanes) is 1. The molecule has 0 spiro atoms. The summed E-state index contributed by atoms with van der Waals surface area (Å²) in [5.74, 6) is -0.737. The molecule has 1 atom stereocenters. The van der Waals surface area contributed by atoms with Crippen LogP contribution in [-0.2, 0) is 26.2 Å². The van der Waals surface area contributed by atoms with Gasteiger partial charge in [0.15, 0.2) is 0 Å². The van der Waals surface area contributed by atoms with Crippen LogP contribution >= 0.6 is 0 Å². The third-order valence-electron chi connectivity index (χ3n) is 6.65. The van der Waals surface area contributed by atoms with Gasteiger partial charge in [-0.05, 0) is 62.1 Å². The first-order valence-corrected chi connectivity index (χ1v) is 14.4. The SMILES string of the molecule is CCCCNC(=O)[C@H](C)N(Cc1ccccc1)C(=O)CN(c1cccc(C)c1C)S(=O)(=O)c1ccccc1. The lowest BCUT2D eigenvalue weighted by Crippen LogP contribution is -2.51. The van der Waals surface area contributed by atoms with Gasteiger partial charge in [0.2, 0.25) is 11.8 Å². The molecule has 0 heterocycles. The summed E-state index contributed by atoms with van der Waals surface area (Å²) in [7, 11) is -4.07. The van der Waals surface area contributed by atoms with Gasteiger partial charge in [0.25, 0.3) is 10.0 Å². The number of nitrogens with zero attached hydrogens (tertiary/aromatic N) is 2. The predicted molar refractivity (Wildman–Crippen MR) is 151 cm³/mol. The Bertz CT molecular complexity index is 1330. The molecule has 0 aliphatic carbocycles. The Kier molecular flexibility index (Phi) is 10.1. The maximum atomic E-state index is 13.9. The molecule has 1 N–H and O–H groups in total. The lowest BCUT2D eigenvalue weighted by atomic mass is 10.1. The normalized spacial score (nSPS) is 12.0. The number of rotatable bonds is 12. The predicted octanol–water partition coefficient (Wildman–Crippen LogP) is 4.83. The van der Waals surface area contributed by atoms with E-state index in [1.54, 1.807) is 37.3 Å². The molecule has 202 valence electrons. The highest BCUT2D eigenvalue weighted by Gasteiger charge is 2.33. The number of nitrogens with one attached hydrogen (secondary N) is 1. The first-order valence-electron chi connectivity index (χ1n) is 12.9. The van der Waals surface area contributed by atoms with Crippen molar-refractivity contribution < 1.29 is 18.0 Å². The summed E-state index contributed by atoms with van der Waals surface area (Å²) in [6.45, 7) is 7.71. The van der Waals surface area contributed by atoms with Crippen LogP contribution in [0.25, 0.3) is 0 Å². The van der Waals surface area contributed by atoms with Crippen LogP contribution in [0.15, 0.2) is 83.8 Å². The number of amides is 2. The number of anilines is 1. The van der Waals surface area contributed by atoms with Crippen molar-refractivity contribution in [1.29, 1.82) is 0 Å². The average Bonchev–Trinajstić information content (AvgIpc) is 2.92. The monoisotopic (exact) mass is 535 g/mol. The molecule has 3 aromatic carbocycles. The zero-order chi connectivity index (χ0) is 27.7. The number of sulfonamides is 1. The van der Waals surface area contributed by atoms with E-state index in [4.69, 9.17) is 0 Å². The zero-order valence-electron chi connectivity index (χ0n) is 22.6. The second kappa shape index (κ2) is 13.2. The van der Waals surface area contributed by atoms with Crippen molar-refractivity contribution in [3.63, 3.8) is 0 Å². The van der Waals surface area contributed by atoms with Crippen LogP contribution in [0.5, 0.6) is 0 Å². The van der Waals surface area contributed by atoms with Crippen LogP contribution in [0.2, 0.25) is 0 Å². The van der Waals surface area contributed by atoms with Crippen molar-refractivity contribution in [2.24, 2.45) is 0 Å². The summed E-state index contributed by atoms with van der Waals surface area (Å²) >= 11 is 0. The summed E-state index contributed by atoms with van der Waals surface area (Å²) in [4.78, 5) is 28.5. The Morgan fingerprint density at radius 2 is 1.53 bits per heavy atom. The largest absolute Gasteiger partial charge is 0.354 e. The molecular weight excluding hydrogens is 498 g/mol. The van der Waals surface area contributed by atoms with Crippen molar-refractivity contribution in [3.05, 3.63) is 95.6 Å². The highest BCUT2D eigenvalue weighted by Crippen LogP contribution is 2.29. The standard InChI is InChI=1S/C30H37N3O4S/c1-5-6-20-31-30(35)25(4)32(21-26-15-9-7-10-16-26)29(34)22-33(28-19-13-14-23(2)24(28)3)38(36,37)27-17-11-8-12-18-27/h7-19,25H,5-6,20-22H2,1-4H3,(H,31,35)/t25-/m0/s1. The van der Waals surface area contributed by atoms with Crippen LogP contribution in [0.4, 0.5) is 5.69 Å². The molecule has 0 radical (unpaired) electrons. The Morgan fingerprint density at radius 3 is 2.16 bits per heavy atom. The Balaban J connectivity index is 2.01. The molecule has 0 bridgehead atoms. The smallest absolute Gasteiger partial charge is 0.264 e. The Labute approximate surface area is 226 Å². The van der Waals surface area contributed by atoms with Gasteiger partial charge in [0.05, 0.1) is 10.6 Å².